The fraction of sp³-hybridized carbons (Fsp3) is 0.421. The van der Waals surface area contributed by atoms with Gasteiger partial charge in [-0.25, -0.2) is 4.99 Å². The zero-order chi connectivity index (χ0) is 19.2. The molecule has 1 heterocycles. The van der Waals surface area contributed by atoms with Gasteiger partial charge in [0.25, 0.3) is 0 Å². The molecule has 0 spiro atoms. The average molecular weight is 361 g/mol. The number of aryl methyl sites for hydroxylation is 1. The van der Waals surface area contributed by atoms with Crippen molar-refractivity contribution in [2.75, 3.05) is 20.2 Å². The molecule has 2 aromatic rings. The highest BCUT2D eigenvalue weighted by atomic mass is 16.5. The number of aliphatic imine (C=N–C) groups is 1. The minimum Gasteiger partial charge on any atom is -0.508 e. The Morgan fingerprint density at radius 1 is 1.27 bits per heavy atom. The van der Waals surface area contributed by atoms with Gasteiger partial charge < -0.3 is 30.0 Å². The Morgan fingerprint density at radius 2 is 2.04 bits per heavy atom. The number of nitrogens with one attached hydrogen (secondary N) is 2. The summed E-state index contributed by atoms with van der Waals surface area (Å²) in [6.07, 6.45) is 0. The molecule has 0 fully saturated rings. The van der Waals surface area contributed by atoms with Gasteiger partial charge in [0.2, 0.25) is 0 Å². The smallest absolute Gasteiger partial charge is 0.191 e. The van der Waals surface area contributed by atoms with Crippen molar-refractivity contribution in [3.05, 3.63) is 47.4 Å². The number of aromatic hydroxyl groups is 1. The molecule has 1 aromatic heterocycles. The van der Waals surface area contributed by atoms with E-state index in [9.17, 15) is 10.2 Å². The average Bonchev–Trinajstić information content (AvgIpc) is 3.06. The number of methoxy groups -OCH3 is 1. The molecule has 0 aliphatic heterocycles. The zero-order valence-electron chi connectivity index (χ0n) is 15.7. The molecular weight excluding hydrogens is 334 g/mol. The SMILES string of the molecule is CCNC(=NCc1cc(OC)ccc1O)NCC(C)(O)c1ccc(C)o1. The van der Waals surface area contributed by atoms with Crippen LogP contribution >= 0.6 is 0 Å². The van der Waals surface area contributed by atoms with E-state index in [1.807, 2.05) is 19.9 Å². The summed E-state index contributed by atoms with van der Waals surface area (Å²) >= 11 is 0. The van der Waals surface area contributed by atoms with Crippen LogP contribution in [0.3, 0.4) is 0 Å². The second-order valence-electron chi connectivity index (χ2n) is 6.23. The van der Waals surface area contributed by atoms with Crippen molar-refractivity contribution in [3.63, 3.8) is 0 Å². The van der Waals surface area contributed by atoms with Gasteiger partial charge >= 0.3 is 0 Å². The van der Waals surface area contributed by atoms with E-state index in [4.69, 9.17) is 9.15 Å². The fourth-order valence-corrected chi connectivity index (χ4v) is 2.39. The molecule has 4 N–H and O–H groups in total. The van der Waals surface area contributed by atoms with Crippen LogP contribution in [0.4, 0.5) is 0 Å². The van der Waals surface area contributed by atoms with Crippen LogP contribution in [-0.4, -0.2) is 36.4 Å². The van der Waals surface area contributed by atoms with E-state index < -0.39 is 5.60 Å². The fourth-order valence-electron chi connectivity index (χ4n) is 2.39. The number of ether oxygens (including phenoxy) is 1. The number of rotatable bonds is 7. The van der Waals surface area contributed by atoms with Crippen LogP contribution in [0.25, 0.3) is 0 Å². The lowest BCUT2D eigenvalue weighted by Crippen LogP contribution is -2.44. The number of furan rings is 1. The highest BCUT2D eigenvalue weighted by Crippen LogP contribution is 2.24. The van der Waals surface area contributed by atoms with Crippen LogP contribution in [0.2, 0.25) is 0 Å². The van der Waals surface area contributed by atoms with Crippen molar-refractivity contribution in [2.45, 2.75) is 32.9 Å². The molecule has 2 rings (SSSR count). The summed E-state index contributed by atoms with van der Waals surface area (Å²) in [4.78, 5) is 4.46. The van der Waals surface area contributed by atoms with E-state index in [0.717, 1.165) is 5.76 Å². The quantitative estimate of drug-likeness (QED) is 0.446. The topological polar surface area (TPSA) is 99.3 Å². The van der Waals surface area contributed by atoms with Crippen LogP contribution < -0.4 is 15.4 Å². The second-order valence-corrected chi connectivity index (χ2v) is 6.23. The Hall–Kier alpha value is -2.67. The summed E-state index contributed by atoms with van der Waals surface area (Å²) < 4.78 is 10.7. The second kappa shape index (κ2) is 8.62. The zero-order valence-corrected chi connectivity index (χ0v) is 15.7. The maximum Gasteiger partial charge on any atom is 0.191 e. The normalized spacial score (nSPS) is 14.0. The number of aliphatic hydroxyl groups is 1. The number of phenolic OH excluding ortho intramolecular Hbond substituents is 1. The summed E-state index contributed by atoms with van der Waals surface area (Å²) in [5, 5.41) is 26.8. The highest BCUT2D eigenvalue weighted by Gasteiger charge is 2.27. The molecule has 142 valence electrons. The van der Waals surface area contributed by atoms with Gasteiger partial charge in [0.15, 0.2) is 5.96 Å². The van der Waals surface area contributed by atoms with Crippen LogP contribution in [0, 0.1) is 6.92 Å². The molecule has 0 amide bonds. The first kappa shape index (κ1) is 19.7. The summed E-state index contributed by atoms with van der Waals surface area (Å²) in [5.41, 5.74) is -0.530. The van der Waals surface area contributed by atoms with Crippen molar-refractivity contribution in [3.8, 4) is 11.5 Å². The molecule has 1 atom stereocenters. The van der Waals surface area contributed by atoms with Gasteiger partial charge in [-0.15, -0.1) is 0 Å². The lowest BCUT2D eigenvalue weighted by Gasteiger charge is -2.23. The molecule has 1 unspecified atom stereocenters. The van der Waals surface area contributed by atoms with Gasteiger partial charge in [0.1, 0.15) is 28.6 Å². The molecular formula is C19H27N3O4. The minimum atomic E-state index is -1.18. The number of phenols is 1. The summed E-state index contributed by atoms with van der Waals surface area (Å²) in [5.74, 6) is 2.57. The lowest BCUT2D eigenvalue weighted by molar-refractivity contribution is 0.0378. The van der Waals surface area contributed by atoms with Crippen molar-refractivity contribution < 1.29 is 19.4 Å². The third-order valence-corrected chi connectivity index (χ3v) is 3.91. The molecule has 0 saturated carbocycles. The number of hydrogen-bond acceptors (Lipinski definition) is 5. The van der Waals surface area contributed by atoms with Gasteiger partial charge in [-0.1, -0.05) is 0 Å². The van der Waals surface area contributed by atoms with Gasteiger partial charge in [0, 0.05) is 12.1 Å². The van der Waals surface area contributed by atoms with Gasteiger partial charge in [0.05, 0.1) is 20.2 Å². The van der Waals surface area contributed by atoms with E-state index in [0.29, 0.717) is 29.6 Å². The molecule has 0 aliphatic carbocycles. The predicted molar refractivity (Wildman–Crippen MR) is 100 cm³/mol. The molecule has 0 saturated heterocycles. The van der Waals surface area contributed by atoms with Crippen LogP contribution in [0.5, 0.6) is 11.5 Å². The van der Waals surface area contributed by atoms with Gasteiger partial charge in [-0.05, 0) is 51.1 Å². The molecule has 0 radical (unpaired) electrons. The first-order chi connectivity index (χ1) is 12.4. The number of nitrogens with zero attached hydrogens (tertiary/aromatic N) is 1. The summed E-state index contributed by atoms with van der Waals surface area (Å²) in [6.45, 7) is 6.61. The maximum atomic E-state index is 10.6. The van der Waals surface area contributed by atoms with Crippen LogP contribution in [-0.2, 0) is 12.1 Å². The van der Waals surface area contributed by atoms with E-state index >= 15 is 0 Å². The van der Waals surface area contributed by atoms with E-state index in [2.05, 4.69) is 15.6 Å². The number of guanidine groups is 1. The monoisotopic (exact) mass is 361 g/mol. The lowest BCUT2D eigenvalue weighted by atomic mass is 10.0. The Kier molecular flexibility index (Phi) is 6.52. The van der Waals surface area contributed by atoms with Crippen molar-refractivity contribution in [2.24, 2.45) is 4.99 Å². The van der Waals surface area contributed by atoms with Gasteiger partial charge in [-0.2, -0.15) is 0 Å². The molecule has 7 nitrogen and oxygen atoms in total. The Bertz CT molecular complexity index is 753. The number of hydrogen-bond donors (Lipinski definition) is 4. The standard InChI is InChI=1S/C19H27N3O4/c1-5-20-18(21-11-14-10-15(25-4)7-8-16(14)23)22-12-19(3,24)17-9-6-13(2)26-17/h6-10,23-24H,5,11-12H2,1-4H3,(H2,20,21,22). The minimum absolute atomic E-state index is 0.156. The number of benzene rings is 1. The van der Waals surface area contributed by atoms with Crippen LogP contribution in [0.1, 0.15) is 30.9 Å². The van der Waals surface area contributed by atoms with Crippen molar-refractivity contribution in [1.82, 2.24) is 10.6 Å². The Morgan fingerprint density at radius 3 is 2.65 bits per heavy atom. The van der Waals surface area contributed by atoms with E-state index in [-0.39, 0.29) is 18.8 Å². The predicted octanol–water partition coefficient (Wildman–Crippen LogP) is 2.27. The van der Waals surface area contributed by atoms with Crippen molar-refractivity contribution >= 4 is 5.96 Å². The molecule has 26 heavy (non-hydrogen) atoms. The summed E-state index contributed by atoms with van der Waals surface area (Å²) in [6, 6.07) is 8.58. The first-order valence-corrected chi connectivity index (χ1v) is 8.53. The Labute approximate surface area is 153 Å². The van der Waals surface area contributed by atoms with E-state index in [1.54, 1.807) is 38.3 Å². The highest BCUT2D eigenvalue weighted by molar-refractivity contribution is 5.79. The summed E-state index contributed by atoms with van der Waals surface area (Å²) in [7, 11) is 1.57. The third-order valence-electron chi connectivity index (χ3n) is 3.91. The van der Waals surface area contributed by atoms with Crippen LogP contribution in [0.15, 0.2) is 39.7 Å². The first-order valence-electron chi connectivity index (χ1n) is 8.53. The molecule has 0 bridgehead atoms. The van der Waals surface area contributed by atoms with Crippen molar-refractivity contribution in [1.29, 1.82) is 0 Å². The molecule has 1 aromatic carbocycles. The third kappa shape index (κ3) is 5.16. The molecule has 0 aliphatic rings. The largest absolute Gasteiger partial charge is 0.508 e. The maximum absolute atomic E-state index is 10.6. The Balaban J connectivity index is 2.07. The molecule has 7 heteroatoms. The van der Waals surface area contributed by atoms with E-state index in [1.165, 1.54) is 0 Å². The van der Waals surface area contributed by atoms with Gasteiger partial charge in [-0.3, -0.25) is 0 Å².